The smallest absolute Gasteiger partial charge is 0.305 e. The number of esters is 3. The standard InChI is InChI=1S/C26H36O9/c1-13(2)10-22(33-16(5)27)25(34-17(6)28)20-12-32-26(35-18(7)29)23-15(4)11-21(30)24(31)14(3)8-9-19(20)23/h10,12,19,21-26,30-31H,3-4,8-9,11H2,1-2,5-7H3/t19-,21-,22+,23+,24+,25-,26-/m0/s1. The molecule has 0 bridgehead atoms. The first-order chi connectivity index (χ1) is 16.3. The van der Waals surface area contributed by atoms with E-state index in [9.17, 15) is 24.6 Å². The highest BCUT2D eigenvalue weighted by molar-refractivity contribution is 5.68. The molecule has 2 N–H and O–H groups in total. The van der Waals surface area contributed by atoms with Crippen LogP contribution in [0.3, 0.4) is 0 Å². The van der Waals surface area contributed by atoms with E-state index in [0.717, 1.165) is 5.57 Å². The lowest BCUT2D eigenvalue weighted by Crippen LogP contribution is -2.45. The largest absolute Gasteiger partial charge is 0.462 e. The van der Waals surface area contributed by atoms with Gasteiger partial charge in [-0.1, -0.05) is 24.3 Å². The van der Waals surface area contributed by atoms with Gasteiger partial charge in [0.05, 0.1) is 18.3 Å². The van der Waals surface area contributed by atoms with E-state index in [1.54, 1.807) is 6.08 Å². The Hall–Kier alpha value is -2.91. The van der Waals surface area contributed by atoms with E-state index < -0.39 is 60.4 Å². The molecule has 0 spiro atoms. The van der Waals surface area contributed by atoms with Crippen molar-refractivity contribution in [2.24, 2.45) is 11.8 Å². The Labute approximate surface area is 206 Å². The number of carbonyl (C=O) groups excluding carboxylic acids is 3. The molecule has 2 rings (SSSR count). The number of rotatable bonds is 6. The average Bonchev–Trinajstić information content (AvgIpc) is 2.76. The Kier molecular flexibility index (Phi) is 9.85. The van der Waals surface area contributed by atoms with Crippen molar-refractivity contribution in [2.75, 3.05) is 0 Å². The lowest BCUT2D eigenvalue weighted by Gasteiger charge is -2.41. The highest BCUT2D eigenvalue weighted by Crippen LogP contribution is 2.44. The Bertz CT molecular complexity index is 912. The van der Waals surface area contributed by atoms with Gasteiger partial charge in [-0.15, -0.1) is 0 Å². The molecule has 1 heterocycles. The normalized spacial score (nSPS) is 28.4. The fraction of sp³-hybridized carbons (Fsp3) is 0.577. The van der Waals surface area contributed by atoms with Crippen molar-refractivity contribution in [3.8, 4) is 0 Å². The van der Waals surface area contributed by atoms with E-state index in [0.29, 0.717) is 29.6 Å². The zero-order chi connectivity index (χ0) is 26.4. The molecule has 0 aromatic heterocycles. The summed E-state index contributed by atoms with van der Waals surface area (Å²) in [5.41, 5.74) is 2.25. The van der Waals surface area contributed by atoms with Gasteiger partial charge in [-0.05, 0) is 44.8 Å². The van der Waals surface area contributed by atoms with Gasteiger partial charge in [0.25, 0.3) is 0 Å². The SMILES string of the molecule is C=C1C[C@H](O)[C@H](O)C(=C)CC[C@H]2C([C@H](OC(C)=O)[C@@H](C=C(C)C)OC(C)=O)=CO[C@@H](OC(C)=O)[C@H]12. The van der Waals surface area contributed by atoms with Crippen LogP contribution in [-0.2, 0) is 33.3 Å². The number of hydrogen-bond acceptors (Lipinski definition) is 9. The summed E-state index contributed by atoms with van der Waals surface area (Å²) >= 11 is 0. The molecule has 0 unspecified atom stereocenters. The summed E-state index contributed by atoms with van der Waals surface area (Å²) in [4.78, 5) is 35.8. The molecule has 1 aliphatic carbocycles. The number of aliphatic hydroxyl groups excluding tert-OH is 2. The van der Waals surface area contributed by atoms with Crippen LogP contribution in [0.25, 0.3) is 0 Å². The van der Waals surface area contributed by atoms with Crippen molar-refractivity contribution in [1.82, 2.24) is 0 Å². The first kappa shape index (κ1) is 28.3. The number of carbonyl (C=O) groups is 3. The maximum Gasteiger partial charge on any atom is 0.305 e. The van der Waals surface area contributed by atoms with Gasteiger partial charge < -0.3 is 29.2 Å². The summed E-state index contributed by atoms with van der Waals surface area (Å²) in [5.74, 6) is -2.81. The molecule has 0 aromatic rings. The molecule has 0 amide bonds. The fourth-order valence-electron chi connectivity index (χ4n) is 4.56. The fourth-order valence-corrected chi connectivity index (χ4v) is 4.56. The van der Waals surface area contributed by atoms with Gasteiger partial charge in [0.1, 0.15) is 6.10 Å². The van der Waals surface area contributed by atoms with Crippen molar-refractivity contribution >= 4 is 17.9 Å². The topological polar surface area (TPSA) is 129 Å². The van der Waals surface area contributed by atoms with Crippen molar-refractivity contribution in [1.29, 1.82) is 0 Å². The quantitative estimate of drug-likeness (QED) is 0.327. The van der Waals surface area contributed by atoms with E-state index in [1.165, 1.54) is 27.0 Å². The maximum atomic E-state index is 12.1. The summed E-state index contributed by atoms with van der Waals surface area (Å²) in [6.07, 6.45) is -1.55. The van der Waals surface area contributed by atoms with Crippen molar-refractivity contribution in [3.63, 3.8) is 0 Å². The Morgan fingerprint density at radius 3 is 2.20 bits per heavy atom. The average molecular weight is 493 g/mol. The van der Waals surface area contributed by atoms with Crippen LogP contribution in [-0.4, -0.2) is 58.8 Å². The zero-order valence-electron chi connectivity index (χ0n) is 21.0. The molecule has 0 aromatic carbocycles. The van der Waals surface area contributed by atoms with Gasteiger partial charge in [0, 0.05) is 32.3 Å². The van der Waals surface area contributed by atoms with Crippen LogP contribution in [0.5, 0.6) is 0 Å². The van der Waals surface area contributed by atoms with Crippen LogP contribution in [0.4, 0.5) is 0 Å². The maximum absolute atomic E-state index is 12.1. The van der Waals surface area contributed by atoms with Crippen LogP contribution < -0.4 is 0 Å². The van der Waals surface area contributed by atoms with Crippen LogP contribution in [0, 0.1) is 11.8 Å². The number of aliphatic hydroxyl groups is 2. The lowest BCUT2D eigenvalue weighted by atomic mass is 9.74. The second kappa shape index (κ2) is 12.2. The second-order valence-corrected chi connectivity index (χ2v) is 9.28. The van der Waals surface area contributed by atoms with E-state index in [4.69, 9.17) is 18.9 Å². The third kappa shape index (κ3) is 7.53. The van der Waals surface area contributed by atoms with Gasteiger partial charge in [0.15, 0.2) is 12.2 Å². The summed E-state index contributed by atoms with van der Waals surface area (Å²) in [6, 6.07) is 0. The molecule has 1 aliphatic heterocycles. The molecule has 7 atom stereocenters. The van der Waals surface area contributed by atoms with E-state index in [2.05, 4.69) is 13.2 Å². The van der Waals surface area contributed by atoms with Gasteiger partial charge in [-0.25, -0.2) is 0 Å². The van der Waals surface area contributed by atoms with Crippen molar-refractivity contribution in [2.45, 2.75) is 84.6 Å². The van der Waals surface area contributed by atoms with Crippen molar-refractivity contribution in [3.05, 3.63) is 47.8 Å². The third-order valence-corrected chi connectivity index (χ3v) is 6.00. The Morgan fingerprint density at radius 1 is 1.03 bits per heavy atom. The molecule has 194 valence electrons. The second-order valence-electron chi connectivity index (χ2n) is 9.28. The van der Waals surface area contributed by atoms with E-state index in [1.807, 2.05) is 13.8 Å². The van der Waals surface area contributed by atoms with Gasteiger partial charge in [-0.2, -0.15) is 0 Å². The van der Waals surface area contributed by atoms with Gasteiger partial charge in [-0.3, -0.25) is 14.4 Å². The number of ether oxygens (including phenoxy) is 4. The highest BCUT2D eigenvalue weighted by Gasteiger charge is 2.46. The molecule has 9 nitrogen and oxygen atoms in total. The van der Waals surface area contributed by atoms with E-state index in [-0.39, 0.29) is 6.42 Å². The van der Waals surface area contributed by atoms with Gasteiger partial charge in [0.2, 0.25) is 6.29 Å². The van der Waals surface area contributed by atoms with Crippen LogP contribution >= 0.6 is 0 Å². The first-order valence-corrected chi connectivity index (χ1v) is 11.5. The molecular formula is C26H36O9. The van der Waals surface area contributed by atoms with Crippen LogP contribution in [0.1, 0.15) is 53.9 Å². The Balaban J connectivity index is 2.64. The monoisotopic (exact) mass is 492 g/mol. The summed E-state index contributed by atoms with van der Waals surface area (Å²) in [6.45, 7) is 15.4. The minimum absolute atomic E-state index is 0.00926. The molecule has 0 saturated heterocycles. The number of hydrogen-bond donors (Lipinski definition) is 2. The number of allylic oxidation sites excluding steroid dienone is 1. The summed E-state index contributed by atoms with van der Waals surface area (Å²) < 4.78 is 22.4. The molecular weight excluding hydrogens is 456 g/mol. The predicted molar refractivity (Wildman–Crippen MR) is 126 cm³/mol. The minimum Gasteiger partial charge on any atom is -0.462 e. The first-order valence-electron chi connectivity index (χ1n) is 11.5. The van der Waals surface area contributed by atoms with Gasteiger partial charge >= 0.3 is 17.9 Å². The van der Waals surface area contributed by atoms with Crippen molar-refractivity contribution < 1.29 is 43.5 Å². The summed E-state index contributed by atoms with van der Waals surface area (Å²) in [5, 5.41) is 21.0. The molecule has 1 fully saturated rings. The highest BCUT2D eigenvalue weighted by atomic mass is 16.7. The minimum atomic E-state index is -1.16. The molecule has 1 saturated carbocycles. The molecule has 9 heteroatoms. The predicted octanol–water partition coefficient (Wildman–Crippen LogP) is 2.87. The summed E-state index contributed by atoms with van der Waals surface area (Å²) in [7, 11) is 0. The Morgan fingerprint density at radius 2 is 1.66 bits per heavy atom. The number of fused-ring (bicyclic) bond motifs is 1. The molecule has 0 radical (unpaired) electrons. The van der Waals surface area contributed by atoms with E-state index >= 15 is 0 Å². The lowest BCUT2D eigenvalue weighted by molar-refractivity contribution is -0.183. The van der Waals surface area contributed by atoms with Crippen LogP contribution in [0.2, 0.25) is 0 Å². The molecule has 35 heavy (non-hydrogen) atoms. The van der Waals surface area contributed by atoms with Crippen LogP contribution in [0.15, 0.2) is 47.8 Å². The molecule has 2 aliphatic rings. The third-order valence-electron chi connectivity index (χ3n) is 6.00. The zero-order valence-corrected chi connectivity index (χ0v) is 21.0.